The summed E-state index contributed by atoms with van der Waals surface area (Å²) < 4.78 is 5.33. The number of ether oxygens (including phenoxy) is 1. The first-order valence-corrected chi connectivity index (χ1v) is 6.20. The molecule has 84 valence electrons. The number of hydrogen-bond acceptors (Lipinski definition) is 2. The molecule has 2 unspecified atom stereocenters. The van der Waals surface area contributed by atoms with Gasteiger partial charge in [-0.3, -0.25) is 4.90 Å². The summed E-state index contributed by atoms with van der Waals surface area (Å²) in [6.07, 6.45) is 2.43. The van der Waals surface area contributed by atoms with Gasteiger partial charge in [0.05, 0.1) is 0 Å². The SMILES string of the molecule is CCOCCCN1CCC(C)C1CCl. The zero-order chi connectivity index (χ0) is 10.4. The molecule has 1 fully saturated rings. The highest BCUT2D eigenvalue weighted by Gasteiger charge is 2.29. The van der Waals surface area contributed by atoms with Crippen LogP contribution in [0.15, 0.2) is 0 Å². The summed E-state index contributed by atoms with van der Waals surface area (Å²) in [7, 11) is 0. The van der Waals surface area contributed by atoms with Gasteiger partial charge < -0.3 is 4.74 Å². The van der Waals surface area contributed by atoms with Crippen LogP contribution in [0.2, 0.25) is 0 Å². The molecule has 0 aliphatic carbocycles. The van der Waals surface area contributed by atoms with Crippen molar-refractivity contribution >= 4 is 11.6 Å². The molecular weight excluding hydrogens is 198 g/mol. The summed E-state index contributed by atoms with van der Waals surface area (Å²) in [4.78, 5) is 2.51. The molecule has 0 aromatic carbocycles. The van der Waals surface area contributed by atoms with Crippen LogP contribution in [0.25, 0.3) is 0 Å². The van der Waals surface area contributed by atoms with E-state index in [0.717, 1.165) is 38.0 Å². The van der Waals surface area contributed by atoms with E-state index in [9.17, 15) is 0 Å². The van der Waals surface area contributed by atoms with Crippen LogP contribution < -0.4 is 0 Å². The van der Waals surface area contributed by atoms with E-state index in [-0.39, 0.29) is 0 Å². The minimum absolute atomic E-state index is 0.596. The lowest BCUT2D eigenvalue weighted by molar-refractivity contribution is 0.129. The maximum absolute atomic E-state index is 5.96. The molecule has 1 aliphatic heterocycles. The van der Waals surface area contributed by atoms with Gasteiger partial charge >= 0.3 is 0 Å². The summed E-state index contributed by atoms with van der Waals surface area (Å²) in [6.45, 7) is 8.41. The maximum atomic E-state index is 5.96. The van der Waals surface area contributed by atoms with E-state index in [0.29, 0.717) is 6.04 Å². The molecule has 0 amide bonds. The van der Waals surface area contributed by atoms with Gasteiger partial charge in [-0.15, -0.1) is 11.6 Å². The van der Waals surface area contributed by atoms with Gasteiger partial charge in [0.2, 0.25) is 0 Å². The van der Waals surface area contributed by atoms with Crippen molar-refractivity contribution in [1.29, 1.82) is 0 Å². The van der Waals surface area contributed by atoms with Crippen molar-refractivity contribution in [1.82, 2.24) is 4.90 Å². The standard InChI is InChI=1S/C11H22ClNO/c1-3-14-8-4-6-13-7-5-10(2)11(13)9-12/h10-11H,3-9H2,1-2H3. The minimum Gasteiger partial charge on any atom is -0.382 e. The Labute approximate surface area is 92.6 Å². The molecule has 3 heteroatoms. The van der Waals surface area contributed by atoms with E-state index >= 15 is 0 Å². The molecular formula is C11H22ClNO. The first-order chi connectivity index (χ1) is 6.79. The van der Waals surface area contributed by atoms with Crippen molar-refractivity contribution in [2.75, 3.05) is 32.2 Å². The minimum atomic E-state index is 0.596. The predicted molar refractivity (Wildman–Crippen MR) is 61.0 cm³/mol. The van der Waals surface area contributed by atoms with Gasteiger partial charge in [-0.25, -0.2) is 0 Å². The topological polar surface area (TPSA) is 12.5 Å². The first kappa shape index (κ1) is 12.3. The van der Waals surface area contributed by atoms with E-state index in [1.54, 1.807) is 0 Å². The average Bonchev–Trinajstić information content (AvgIpc) is 2.54. The molecule has 0 spiro atoms. The Morgan fingerprint density at radius 1 is 1.50 bits per heavy atom. The monoisotopic (exact) mass is 219 g/mol. The molecule has 0 N–H and O–H groups in total. The van der Waals surface area contributed by atoms with Gasteiger partial charge in [0.25, 0.3) is 0 Å². The van der Waals surface area contributed by atoms with Crippen LogP contribution in [0, 0.1) is 5.92 Å². The van der Waals surface area contributed by atoms with Crippen LogP contribution in [-0.4, -0.2) is 43.1 Å². The summed E-state index contributed by atoms with van der Waals surface area (Å²) in [5.41, 5.74) is 0. The molecule has 1 rings (SSSR count). The summed E-state index contributed by atoms with van der Waals surface area (Å²) in [5.74, 6) is 1.54. The third-order valence-electron chi connectivity index (χ3n) is 3.09. The smallest absolute Gasteiger partial charge is 0.0478 e. The fourth-order valence-corrected chi connectivity index (χ4v) is 2.63. The van der Waals surface area contributed by atoms with E-state index in [1.165, 1.54) is 13.0 Å². The number of alkyl halides is 1. The van der Waals surface area contributed by atoms with Crippen LogP contribution in [0.1, 0.15) is 26.7 Å². The van der Waals surface area contributed by atoms with Crippen LogP contribution in [0.3, 0.4) is 0 Å². The Kier molecular flexibility index (Phi) is 5.83. The molecule has 0 aromatic heterocycles. The van der Waals surface area contributed by atoms with Crippen molar-refractivity contribution < 1.29 is 4.74 Å². The predicted octanol–water partition coefficient (Wildman–Crippen LogP) is 2.36. The van der Waals surface area contributed by atoms with Crippen molar-refractivity contribution in [3.05, 3.63) is 0 Å². The Morgan fingerprint density at radius 3 is 2.93 bits per heavy atom. The summed E-state index contributed by atoms with van der Waals surface area (Å²) in [5, 5.41) is 0. The van der Waals surface area contributed by atoms with Crippen molar-refractivity contribution in [3.63, 3.8) is 0 Å². The molecule has 1 saturated heterocycles. The quantitative estimate of drug-likeness (QED) is 0.503. The van der Waals surface area contributed by atoms with Crippen molar-refractivity contribution in [2.24, 2.45) is 5.92 Å². The summed E-state index contributed by atoms with van der Waals surface area (Å²) in [6, 6.07) is 0.596. The van der Waals surface area contributed by atoms with Crippen LogP contribution in [0.5, 0.6) is 0 Å². The van der Waals surface area contributed by atoms with Gasteiger partial charge in [-0.2, -0.15) is 0 Å². The lowest BCUT2D eigenvalue weighted by Crippen LogP contribution is -2.34. The highest BCUT2D eigenvalue weighted by atomic mass is 35.5. The van der Waals surface area contributed by atoms with Crippen LogP contribution >= 0.6 is 11.6 Å². The molecule has 14 heavy (non-hydrogen) atoms. The Hall–Kier alpha value is 0.210. The van der Waals surface area contributed by atoms with E-state index in [4.69, 9.17) is 16.3 Å². The number of halogens is 1. The Balaban J connectivity index is 2.17. The number of nitrogens with zero attached hydrogens (tertiary/aromatic N) is 1. The Morgan fingerprint density at radius 2 is 2.29 bits per heavy atom. The average molecular weight is 220 g/mol. The highest BCUT2D eigenvalue weighted by molar-refractivity contribution is 6.18. The van der Waals surface area contributed by atoms with Gasteiger partial charge in [-0.1, -0.05) is 6.92 Å². The molecule has 0 aromatic rings. The normalized spacial score (nSPS) is 28.5. The third kappa shape index (κ3) is 3.41. The zero-order valence-corrected chi connectivity index (χ0v) is 10.1. The van der Waals surface area contributed by atoms with Gasteiger partial charge in [-0.05, 0) is 32.2 Å². The summed E-state index contributed by atoms with van der Waals surface area (Å²) >= 11 is 5.96. The molecule has 2 atom stereocenters. The van der Waals surface area contributed by atoms with E-state index in [2.05, 4.69) is 11.8 Å². The fraction of sp³-hybridized carbons (Fsp3) is 1.00. The fourth-order valence-electron chi connectivity index (χ4n) is 2.13. The highest BCUT2D eigenvalue weighted by Crippen LogP contribution is 2.24. The van der Waals surface area contributed by atoms with E-state index in [1.807, 2.05) is 6.92 Å². The first-order valence-electron chi connectivity index (χ1n) is 5.67. The molecule has 0 radical (unpaired) electrons. The zero-order valence-electron chi connectivity index (χ0n) is 9.34. The third-order valence-corrected chi connectivity index (χ3v) is 3.41. The maximum Gasteiger partial charge on any atom is 0.0478 e. The largest absolute Gasteiger partial charge is 0.382 e. The van der Waals surface area contributed by atoms with Gasteiger partial charge in [0, 0.05) is 31.7 Å². The molecule has 1 aliphatic rings. The number of hydrogen-bond donors (Lipinski definition) is 0. The van der Waals surface area contributed by atoms with Crippen molar-refractivity contribution in [2.45, 2.75) is 32.7 Å². The van der Waals surface area contributed by atoms with Crippen LogP contribution in [-0.2, 0) is 4.74 Å². The molecule has 2 nitrogen and oxygen atoms in total. The van der Waals surface area contributed by atoms with Crippen LogP contribution in [0.4, 0.5) is 0 Å². The van der Waals surface area contributed by atoms with Gasteiger partial charge in [0.1, 0.15) is 0 Å². The molecule has 1 heterocycles. The number of rotatable bonds is 6. The lowest BCUT2D eigenvalue weighted by atomic mass is 10.1. The second kappa shape index (κ2) is 6.65. The second-order valence-corrected chi connectivity index (χ2v) is 4.38. The number of likely N-dealkylation sites (tertiary alicyclic amines) is 1. The Bertz CT molecular complexity index is 154. The van der Waals surface area contributed by atoms with Crippen molar-refractivity contribution in [3.8, 4) is 0 Å². The molecule has 0 bridgehead atoms. The molecule has 0 saturated carbocycles. The van der Waals surface area contributed by atoms with Gasteiger partial charge in [0.15, 0.2) is 0 Å². The van der Waals surface area contributed by atoms with E-state index < -0.39 is 0 Å². The lowest BCUT2D eigenvalue weighted by Gasteiger charge is -2.24. The second-order valence-electron chi connectivity index (χ2n) is 4.07.